The molecule has 0 atom stereocenters. The first kappa shape index (κ1) is 14.3. The van der Waals surface area contributed by atoms with Gasteiger partial charge in [0.25, 0.3) is 0 Å². The number of carbonyl (C=O) groups excluding carboxylic acids is 2. The van der Waals surface area contributed by atoms with Crippen LogP contribution in [0.15, 0.2) is 34.5 Å². The molecule has 0 aliphatic carbocycles. The number of anilines is 2. The Bertz CT molecular complexity index is 461. The predicted octanol–water partition coefficient (Wildman–Crippen LogP) is 2.63. The minimum absolute atomic E-state index is 0.294. The van der Waals surface area contributed by atoms with Crippen molar-refractivity contribution in [3.8, 4) is 0 Å². The molecular weight excluding hydrogens is 272 g/mol. The lowest BCUT2D eigenvalue weighted by Crippen LogP contribution is -2.24. The van der Waals surface area contributed by atoms with Gasteiger partial charge in [-0.25, -0.2) is 0 Å². The fourth-order valence-corrected chi connectivity index (χ4v) is 1.64. The van der Waals surface area contributed by atoms with Crippen LogP contribution in [0.5, 0.6) is 0 Å². The average Bonchev–Trinajstić information content (AvgIpc) is 2.32. The summed E-state index contributed by atoms with van der Waals surface area (Å²) in [5, 5.41) is 7.61. The molecule has 0 saturated heterocycles. The van der Waals surface area contributed by atoms with E-state index < -0.39 is 10.5 Å². The molecule has 94 valence electrons. The monoisotopic (exact) mass is 282 g/mol. The van der Waals surface area contributed by atoms with E-state index >= 15 is 0 Å². The lowest BCUT2D eigenvalue weighted by molar-refractivity contribution is 0.264. The SMILES string of the molecule is C=NN(C(=O)S)c1ccccc1N(N=C)C(=O)S. The van der Waals surface area contributed by atoms with E-state index in [0.717, 1.165) is 10.0 Å². The number of hydrazone groups is 2. The smallest absolute Gasteiger partial charge is 0.260 e. The van der Waals surface area contributed by atoms with Crippen molar-refractivity contribution in [2.75, 3.05) is 10.0 Å². The standard InChI is InChI=1S/C10H10N4O2S2/c1-11-13(9(15)17)7-5-3-4-6-8(7)14(12-2)10(16)18/h3-6H,1-2H2,(H,15,17)(H,16,18). The highest BCUT2D eigenvalue weighted by Gasteiger charge is 2.20. The van der Waals surface area contributed by atoms with Gasteiger partial charge < -0.3 is 0 Å². The van der Waals surface area contributed by atoms with E-state index in [0.29, 0.717) is 11.4 Å². The summed E-state index contributed by atoms with van der Waals surface area (Å²) in [4.78, 5) is 22.6. The summed E-state index contributed by atoms with van der Waals surface area (Å²) >= 11 is 7.33. The number of para-hydroxylation sites is 2. The molecule has 0 spiro atoms. The van der Waals surface area contributed by atoms with Gasteiger partial charge in [0.15, 0.2) is 0 Å². The van der Waals surface area contributed by atoms with Gasteiger partial charge in [0.1, 0.15) is 0 Å². The van der Waals surface area contributed by atoms with Gasteiger partial charge in [-0.1, -0.05) is 37.4 Å². The first-order valence-corrected chi connectivity index (χ1v) is 5.50. The summed E-state index contributed by atoms with van der Waals surface area (Å²) in [7, 11) is 0. The highest BCUT2D eigenvalue weighted by Crippen LogP contribution is 2.31. The summed E-state index contributed by atoms with van der Waals surface area (Å²) in [6.07, 6.45) is 0. The van der Waals surface area contributed by atoms with Gasteiger partial charge in [0.05, 0.1) is 11.4 Å². The Balaban J connectivity index is 3.37. The van der Waals surface area contributed by atoms with Crippen LogP contribution < -0.4 is 10.0 Å². The number of thiol groups is 2. The van der Waals surface area contributed by atoms with Gasteiger partial charge in [-0.2, -0.15) is 20.2 Å². The number of nitrogens with zero attached hydrogens (tertiary/aromatic N) is 4. The largest absolute Gasteiger partial charge is 0.303 e. The number of rotatable bonds is 4. The summed E-state index contributed by atoms with van der Waals surface area (Å²) < 4.78 is 0. The fourth-order valence-electron chi connectivity index (χ4n) is 1.30. The van der Waals surface area contributed by atoms with Gasteiger partial charge in [0.2, 0.25) is 0 Å². The second-order valence-electron chi connectivity index (χ2n) is 2.96. The second-order valence-corrected chi connectivity index (χ2v) is 3.73. The van der Waals surface area contributed by atoms with Crippen LogP contribution in [0, 0.1) is 0 Å². The number of hydrogen-bond acceptors (Lipinski definition) is 4. The van der Waals surface area contributed by atoms with Crippen LogP contribution in [0.1, 0.15) is 0 Å². The minimum atomic E-state index is -0.645. The Morgan fingerprint density at radius 1 is 0.944 bits per heavy atom. The number of carbonyl (C=O) groups is 2. The third-order valence-corrected chi connectivity index (χ3v) is 2.36. The van der Waals surface area contributed by atoms with Crippen LogP contribution >= 0.6 is 25.3 Å². The molecule has 0 aromatic heterocycles. The molecule has 1 aromatic carbocycles. The van der Waals surface area contributed by atoms with E-state index in [2.05, 4.69) is 48.9 Å². The molecule has 0 saturated carbocycles. The fraction of sp³-hybridized carbons (Fsp3) is 0. The Kier molecular flexibility index (Phi) is 4.93. The van der Waals surface area contributed by atoms with Crippen molar-refractivity contribution in [2.24, 2.45) is 10.2 Å². The van der Waals surface area contributed by atoms with Crippen molar-refractivity contribution in [1.29, 1.82) is 0 Å². The summed E-state index contributed by atoms with van der Waals surface area (Å²) in [6.45, 7) is 6.53. The van der Waals surface area contributed by atoms with Gasteiger partial charge in [-0.05, 0) is 12.1 Å². The van der Waals surface area contributed by atoms with Crippen molar-refractivity contribution in [2.45, 2.75) is 0 Å². The van der Waals surface area contributed by atoms with Gasteiger partial charge in [0, 0.05) is 13.4 Å². The van der Waals surface area contributed by atoms with Crippen molar-refractivity contribution in [3.63, 3.8) is 0 Å². The van der Waals surface area contributed by atoms with E-state index in [9.17, 15) is 9.59 Å². The van der Waals surface area contributed by atoms with Crippen LogP contribution in [0.4, 0.5) is 21.0 Å². The molecule has 0 radical (unpaired) electrons. The van der Waals surface area contributed by atoms with Crippen LogP contribution in [0.3, 0.4) is 0 Å². The van der Waals surface area contributed by atoms with E-state index in [1.54, 1.807) is 24.3 Å². The molecule has 6 nitrogen and oxygen atoms in total. The lowest BCUT2D eigenvalue weighted by Gasteiger charge is -2.21. The van der Waals surface area contributed by atoms with E-state index in [4.69, 9.17) is 0 Å². The van der Waals surface area contributed by atoms with Crippen molar-refractivity contribution >= 4 is 60.5 Å². The molecular formula is C10H10N4O2S2. The molecule has 0 fully saturated rings. The van der Waals surface area contributed by atoms with E-state index in [1.165, 1.54) is 0 Å². The molecule has 0 heterocycles. The van der Waals surface area contributed by atoms with Crippen molar-refractivity contribution in [3.05, 3.63) is 24.3 Å². The molecule has 0 aliphatic heterocycles. The first-order chi connectivity index (χ1) is 8.52. The third-order valence-electron chi connectivity index (χ3n) is 1.98. The zero-order valence-corrected chi connectivity index (χ0v) is 11.0. The zero-order valence-electron chi connectivity index (χ0n) is 9.22. The number of hydrogen-bond donors (Lipinski definition) is 2. The van der Waals surface area contributed by atoms with Crippen molar-refractivity contribution in [1.82, 2.24) is 0 Å². The maximum atomic E-state index is 11.3. The maximum absolute atomic E-state index is 11.3. The first-order valence-electron chi connectivity index (χ1n) is 4.61. The molecule has 0 unspecified atom stereocenters. The van der Waals surface area contributed by atoms with Gasteiger partial charge >= 0.3 is 10.5 Å². The predicted molar refractivity (Wildman–Crippen MR) is 79.3 cm³/mol. The quantitative estimate of drug-likeness (QED) is 0.506. The number of amides is 2. The van der Waals surface area contributed by atoms with Crippen LogP contribution in [0.2, 0.25) is 0 Å². The van der Waals surface area contributed by atoms with E-state index in [-0.39, 0.29) is 0 Å². The molecule has 1 aromatic rings. The zero-order chi connectivity index (χ0) is 13.7. The highest BCUT2D eigenvalue weighted by molar-refractivity contribution is 7.97. The third kappa shape index (κ3) is 2.90. The van der Waals surface area contributed by atoms with Crippen molar-refractivity contribution < 1.29 is 9.59 Å². The highest BCUT2D eigenvalue weighted by atomic mass is 32.1. The van der Waals surface area contributed by atoms with Crippen LogP contribution in [-0.2, 0) is 0 Å². The average molecular weight is 282 g/mol. The molecule has 8 heteroatoms. The normalized spacial score (nSPS) is 9.44. The van der Waals surface area contributed by atoms with E-state index in [1.807, 2.05) is 0 Å². The van der Waals surface area contributed by atoms with Crippen LogP contribution in [-0.4, -0.2) is 23.9 Å². The maximum Gasteiger partial charge on any atom is 0.303 e. The topological polar surface area (TPSA) is 65.3 Å². The Morgan fingerprint density at radius 2 is 1.28 bits per heavy atom. The molecule has 0 bridgehead atoms. The Hall–Kier alpha value is -1.80. The Morgan fingerprint density at radius 3 is 1.50 bits per heavy atom. The molecule has 1 rings (SSSR count). The molecule has 0 N–H and O–H groups in total. The van der Waals surface area contributed by atoms with Crippen LogP contribution in [0.25, 0.3) is 0 Å². The Labute approximate surface area is 115 Å². The summed E-state index contributed by atoms with van der Waals surface area (Å²) in [6, 6.07) is 6.45. The summed E-state index contributed by atoms with van der Waals surface area (Å²) in [5.41, 5.74) is 0.588. The molecule has 18 heavy (non-hydrogen) atoms. The number of benzene rings is 1. The van der Waals surface area contributed by atoms with Gasteiger partial charge in [-0.15, -0.1) is 0 Å². The molecule has 0 aliphatic rings. The second kappa shape index (κ2) is 6.22. The summed E-state index contributed by atoms with van der Waals surface area (Å²) in [5.74, 6) is 0. The minimum Gasteiger partial charge on any atom is -0.260 e. The van der Waals surface area contributed by atoms with Gasteiger partial charge in [-0.3, -0.25) is 9.59 Å². The molecule has 2 amide bonds. The lowest BCUT2D eigenvalue weighted by atomic mass is 10.2.